The fraction of sp³-hybridized carbons (Fsp3) is 0.278. The van der Waals surface area contributed by atoms with E-state index in [1.807, 2.05) is 78.9 Å². The summed E-state index contributed by atoms with van der Waals surface area (Å²) in [6.07, 6.45) is -0.160. The maximum atomic E-state index is 14.1. The van der Waals surface area contributed by atoms with Gasteiger partial charge in [-0.25, -0.2) is 9.18 Å². The Hall–Kier alpha value is -5.33. The number of ether oxygens (including phenoxy) is 1. The number of pyridine rings is 1. The summed E-state index contributed by atoms with van der Waals surface area (Å²) in [5.41, 5.74) is 2.09. The quantitative estimate of drug-likeness (QED) is 0.155. The van der Waals surface area contributed by atoms with Crippen molar-refractivity contribution < 1.29 is 28.6 Å². The molecule has 11 nitrogen and oxygen atoms in total. The van der Waals surface area contributed by atoms with Crippen LogP contribution in [0.1, 0.15) is 39.5 Å². The number of benzene rings is 3. The van der Waals surface area contributed by atoms with Crippen LogP contribution in [-0.2, 0) is 16.0 Å². The van der Waals surface area contributed by atoms with Gasteiger partial charge in [-0.3, -0.25) is 19.3 Å². The molecule has 1 saturated heterocycles. The van der Waals surface area contributed by atoms with Crippen molar-refractivity contribution >= 4 is 23.6 Å². The summed E-state index contributed by atoms with van der Waals surface area (Å²) < 4.78 is 20.0. The number of para-hydroxylation sites is 1. The van der Waals surface area contributed by atoms with E-state index >= 15 is 0 Å². The van der Waals surface area contributed by atoms with Crippen molar-refractivity contribution in [1.82, 2.24) is 20.5 Å². The first kappa shape index (κ1) is 34.0. The average Bonchev–Trinajstić information content (AvgIpc) is 3.11. The minimum Gasteiger partial charge on any atom is -0.465 e. The molecule has 1 aromatic heterocycles. The van der Waals surface area contributed by atoms with Crippen LogP contribution in [0, 0.1) is 5.82 Å². The van der Waals surface area contributed by atoms with Gasteiger partial charge in [-0.15, -0.1) is 0 Å². The Morgan fingerprint density at radius 3 is 2.23 bits per heavy atom. The molecule has 3 aromatic carbocycles. The molecule has 5 N–H and O–H groups in total. The second-order valence-electron chi connectivity index (χ2n) is 11.6. The van der Waals surface area contributed by atoms with E-state index in [0.29, 0.717) is 31.7 Å². The number of likely N-dealkylation sites (N-methyl/N-ethyl adjacent to an activating group) is 1. The van der Waals surface area contributed by atoms with E-state index in [4.69, 9.17) is 4.74 Å². The molecule has 2 heterocycles. The summed E-state index contributed by atoms with van der Waals surface area (Å²) in [5.74, 6) is -2.55. The molecule has 3 atom stereocenters. The van der Waals surface area contributed by atoms with Crippen LogP contribution in [0.25, 0.3) is 0 Å². The van der Waals surface area contributed by atoms with E-state index in [1.54, 1.807) is 6.07 Å². The largest absolute Gasteiger partial charge is 0.465 e. The zero-order chi connectivity index (χ0) is 34.0. The van der Waals surface area contributed by atoms with Gasteiger partial charge in [-0.05, 0) is 41.7 Å². The molecule has 12 heteroatoms. The van der Waals surface area contributed by atoms with Gasteiger partial charge in [0, 0.05) is 43.9 Å². The summed E-state index contributed by atoms with van der Waals surface area (Å²) in [4.78, 5) is 53.4. The molecule has 1 aliphatic rings. The zero-order valence-electron chi connectivity index (χ0n) is 26.4. The number of aromatic amines is 1. The van der Waals surface area contributed by atoms with E-state index in [0.717, 1.165) is 33.7 Å². The third-order valence-corrected chi connectivity index (χ3v) is 8.40. The summed E-state index contributed by atoms with van der Waals surface area (Å²) >= 11 is 0. The number of carbonyl (C=O) groups is 3. The Morgan fingerprint density at radius 2 is 1.60 bits per heavy atom. The van der Waals surface area contributed by atoms with Crippen LogP contribution >= 0.6 is 0 Å². The van der Waals surface area contributed by atoms with Crippen LogP contribution in [0.15, 0.2) is 102 Å². The molecule has 0 unspecified atom stereocenters. The molecule has 48 heavy (non-hydrogen) atoms. The molecule has 0 bridgehead atoms. The van der Waals surface area contributed by atoms with Gasteiger partial charge < -0.3 is 30.8 Å². The van der Waals surface area contributed by atoms with Gasteiger partial charge in [0.25, 0.3) is 5.91 Å². The number of amides is 3. The highest BCUT2D eigenvalue weighted by molar-refractivity contribution is 5.98. The third-order valence-electron chi connectivity index (χ3n) is 8.40. The fourth-order valence-electron chi connectivity index (χ4n) is 5.84. The average molecular weight is 656 g/mol. The molecular formula is C36H38FN5O6. The Bertz CT molecular complexity index is 1720. The first-order valence-electron chi connectivity index (χ1n) is 15.7. The van der Waals surface area contributed by atoms with Gasteiger partial charge in [0.15, 0.2) is 5.82 Å². The molecule has 3 amide bonds. The fourth-order valence-corrected chi connectivity index (χ4v) is 5.84. The lowest BCUT2D eigenvalue weighted by atomic mass is 9.84. The lowest BCUT2D eigenvalue weighted by Crippen LogP contribution is -2.51. The Kier molecular flexibility index (Phi) is 11.3. The monoisotopic (exact) mass is 655 g/mol. The van der Waals surface area contributed by atoms with E-state index in [2.05, 4.69) is 20.9 Å². The number of hydrogen-bond donors (Lipinski definition) is 5. The maximum Gasteiger partial charge on any atom is 0.407 e. The smallest absolute Gasteiger partial charge is 0.407 e. The van der Waals surface area contributed by atoms with Gasteiger partial charge >= 0.3 is 6.09 Å². The first-order chi connectivity index (χ1) is 23.2. The lowest BCUT2D eigenvalue weighted by molar-refractivity contribution is -0.120. The summed E-state index contributed by atoms with van der Waals surface area (Å²) in [6, 6.07) is 26.9. The van der Waals surface area contributed by atoms with Crippen LogP contribution in [-0.4, -0.2) is 77.8 Å². The van der Waals surface area contributed by atoms with Crippen LogP contribution in [0.5, 0.6) is 0 Å². The number of carboxylic acid groups (broad SMARTS) is 1. The number of nitrogens with one attached hydrogen (secondary N) is 4. The molecule has 0 radical (unpaired) electrons. The van der Waals surface area contributed by atoms with Crippen molar-refractivity contribution in [2.75, 3.05) is 32.1 Å². The predicted octanol–water partition coefficient (Wildman–Crippen LogP) is 3.98. The number of rotatable bonds is 12. The molecule has 5 rings (SSSR count). The zero-order valence-corrected chi connectivity index (χ0v) is 26.4. The van der Waals surface area contributed by atoms with E-state index in [-0.39, 0.29) is 18.7 Å². The number of nitrogens with zero attached hydrogens (tertiary/aromatic N) is 1. The first-order valence-corrected chi connectivity index (χ1v) is 15.7. The highest BCUT2D eigenvalue weighted by atomic mass is 19.1. The number of anilines is 1. The molecule has 4 aromatic rings. The minimum absolute atomic E-state index is 0.143. The van der Waals surface area contributed by atoms with Crippen LogP contribution < -0.4 is 21.5 Å². The van der Waals surface area contributed by atoms with Crippen LogP contribution in [0.3, 0.4) is 0 Å². The van der Waals surface area contributed by atoms with E-state index in [1.165, 1.54) is 7.05 Å². The number of carbonyl (C=O) groups excluding carboxylic acids is 2. The summed E-state index contributed by atoms with van der Waals surface area (Å²) in [7, 11) is 1.41. The Labute approximate surface area is 277 Å². The number of halogens is 1. The number of aryl methyl sites for hydroxylation is 1. The minimum atomic E-state index is -1.22. The molecular weight excluding hydrogens is 617 g/mol. The maximum absolute atomic E-state index is 14.1. The van der Waals surface area contributed by atoms with Crippen molar-refractivity contribution in [3.05, 3.63) is 136 Å². The number of H-pyrrole nitrogens is 1. The standard InChI is InChI=1S/C36H38FN5O6/c1-42(36(46)47)33(31(24-11-4-2-5-12-24)25-13-6-3-7-14-25)35(45)40-29-15-9-8-10-23(29)16-17-27-21-38-26(22-48-27)20-39-34(44)32-28(37)18-19-30(43)41-32/h2-15,18-19,26-27,31,33,38H,16-17,20-22H2,1H3,(H,39,44)(H,40,45)(H,41,43)(H,46,47)/t26-,27-,33+/m1/s1. The van der Waals surface area contributed by atoms with Crippen LogP contribution in [0.4, 0.5) is 14.9 Å². The number of aromatic nitrogens is 1. The highest BCUT2D eigenvalue weighted by Crippen LogP contribution is 2.32. The van der Waals surface area contributed by atoms with Gasteiger partial charge in [-0.1, -0.05) is 78.9 Å². The Morgan fingerprint density at radius 1 is 0.958 bits per heavy atom. The van der Waals surface area contributed by atoms with Crippen molar-refractivity contribution in [3.8, 4) is 0 Å². The molecule has 0 spiro atoms. The van der Waals surface area contributed by atoms with Gasteiger partial charge in [0.2, 0.25) is 11.5 Å². The predicted molar refractivity (Wildman–Crippen MR) is 179 cm³/mol. The van der Waals surface area contributed by atoms with Crippen molar-refractivity contribution in [1.29, 1.82) is 0 Å². The molecule has 250 valence electrons. The SMILES string of the molecule is CN(C(=O)O)[C@H](C(=O)Nc1ccccc1CC[C@@H]1CN[C@H](CNC(=O)c2[nH]c(=O)ccc2F)CO1)C(c1ccccc1)c1ccccc1. The normalized spacial score (nSPS) is 16.6. The van der Waals surface area contributed by atoms with Crippen molar-refractivity contribution in [2.24, 2.45) is 0 Å². The summed E-state index contributed by atoms with van der Waals surface area (Å²) in [5, 5.41) is 19.0. The molecule has 1 fully saturated rings. The number of hydrogen-bond acceptors (Lipinski definition) is 6. The molecule has 0 aliphatic carbocycles. The van der Waals surface area contributed by atoms with E-state index in [9.17, 15) is 28.7 Å². The topological polar surface area (TPSA) is 153 Å². The van der Waals surface area contributed by atoms with E-state index < -0.39 is 46.9 Å². The molecule has 1 aliphatic heterocycles. The molecule has 0 saturated carbocycles. The Balaban J connectivity index is 1.22. The second kappa shape index (κ2) is 16.0. The highest BCUT2D eigenvalue weighted by Gasteiger charge is 2.37. The third kappa shape index (κ3) is 8.52. The lowest BCUT2D eigenvalue weighted by Gasteiger charge is -2.33. The summed E-state index contributed by atoms with van der Waals surface area (Å²) in [6.45, 7) is 0.989. The van der Waals surface area contributed by atoms with Crippen LogP contribution in [0.2, 0.25) is 0 Å². The number of morpholine rings is 1. The second-order valence-corrected chi connectivity index (χ2v) is 11.6. The van der Waals surface area contributed by atoms with Gasteiger partial charge in [0.05, 0.1) is 12.7 Å². The van der Waals surface area contributed by atoms with Gasteiger partial charge in [-0.2, -0.15) is 0 Å². The van der Waals surface area contributed by atoms with Gasteiger partial charge in [0.1, 0.15) is 11.7 Å². The van der Waals surface area contributed by atoms with Crippen molar-refractivity contribution in [2.45, 2.75) is 36.9 Å². The van der Waals surface area contributed by atoms with Crippen molar-refractivity contribution in [3.63, 3.8) is 0 Å².